The third kappa shape index (κ3) is 3.81. The second-order valence-electron chi connectivity index (χ2n) is 6.62. The minimum atomic E-state index is -0.704. The fourth-order valence-corrected chi connectivity index (χ4v) is 3.71. The zero-order chi connectivity index (χ0) is 17.6. The molecule has 0 saturated heterocycles. The number of ketones is 1. The number of rotatable bonds is 6. The number of Topliss-reactive ketones (excluding diaryl/α,β-unsaturated/α-hetero) is 1. The first kappa shape index (κ1) is 17.4. The smallest absolute Gasteiger partial charge is 0.317 e. The van der Waals surface area contributed by atoms with Gasteiger partial charge in [-0.2, -0.15) is 0 Å². The number of hydrogen-bond acceptors (Lipinski definition) is 3. The monoisotopic (exact) mass is 336 g/mol. The number of benzene rings is 2. The molecule has 3 heteroatoms. The Morgan fingerprint density at radius 1 is 1.00 bits per heavy atom. The molecule has 0 heterocycles. The van der Waals surface area contributed by atoms with E-state index in [1.165, 1.54) is 0 Å². The molecule has 0 spiro atoms. The van der Waals surface area contributed by atoms with Crippen molar-refractivity contribution < 1.29 is 14.3 Å². The van der Waals surface area contributed by atoms with Crippen LogP contribution in [0.25, 0.3) is 0 Å². The molecule has 0 aliphatic heterocycles. The van der Waals surface area contributed by atoms with E-state index >= 15 is 0 Å². The van der Waals surface area contributed by atoms with E-state index < -0.39 is 5.92 Å². The third-order valence-electron chi connectivity index (χ3n) is 4.97. The van der Waals surface area contributed by atoms with Crippen molar-refractivity contribution in [3.05, 3.63) is 71.8 Å². The number of esters is 1. The normalized spacial score (nSPS) is 22.8. The quantitative estimate of drug-likeness (QED) is 0.443. The van der Waals surface area contributed by atoms with E-state index in [1.54, 1.807) is 0 Å². The van der Waals surface area contributed by atoms with Crippen molar-refractivity contribution in [1.82, 2.24) is 0 Å². The minimum absolute atomic E-state index is 0.01000. The topological polar surface area (TPSA) is 43.4 Å². The molecule has 3 atom stereocenters. The average Bonchev–Trinajstić information content (AvgIpc) is 3.00. The first-order chi connectivity index (χ1) is 12.2. The summed E-state index contributed by atoms with van der Waals surface area (Å²) in [6.07, 6.45) is 2.17. The molecule has 0 unspecified atom stereocenters. The van der Waals surface area contributed by atoms with E-state index in [9.17, 15) is 9.59 Å². The van der Waals surface area contributed by atoms with Crippen LogP contribution in [0.5, 0.6) is 0 Å². The molecular formula is C22H24O3. The average molecular weight is 336 g/mol. The Hall–Kier alpha value is -2.42. The molecular weight excluding hydrogens is 312 g/mol. The Labute approximate surface area is 149 Å². The molecule has 130 valence electrons. The molecule has 2 aromatic rings. The Morgan fingerprint density at radius 2 is 1.60 bits per heavy atom. The van der Waals surface area contributed by atoms with E-state index in [-0.39, 0.29) is 23.6 Å². The van der Waals surface area contributed by atoms with Crippen LogP contribution in [0.3, 0.4) is 0 Å². The van der Waals surface area contributed by atoms with Crippen LogP contribution in [0.4, 0.5) is 0 Å². The number of carbonyl (C=O) groups excluding carboxylic acids is 2. The van der Waals surface area contributed by atoms with Crippen LogP contribution in [0, 0.1) is 5.92 Å². The standard InChI is InChI=1S/C22H24O3/c1-2-3-14-25-22(24)21-19(23)15-18(16-10-6-4-7-11-16)20(21)17-12-8-5-9-13-17/h4-13,18,20-21H,2-3,14-15H2,1H3/t18-,20+,21+/m0/s1. The van der Waals surface area contributed by atoms with Crippen LogP contribution in [0.1, 0.15) is 49.1 Å². The minimum Gasteiger partial charge on any atom is -0.465 e. The van der Waals surface area contributed by atoms with Gasteiger partial charge in [0.25, 0.3) is 0 Å². The summed E-state index contributed by atoms with van der Waals surface area (Å²) in [5.41, 5.74) is 2.13. The van der Waals surface area contributed by atoms with Crippen molar-refractivity contribution in [3.63, 3.8) is 0 Å². The summed E-state index contributed by atoms with van der Waals surface area (Å²) in [4.78, 5) is 25.4. The Balaban J connectivity index is 1.93. The summed E-state index contributed by atoms with van der Waals surface area (Å²) >= 11 is 0. The van der Waals surface area contributed by atoms with Gasteiger partial charge in [-0.05, 0) is 23.5 Å². The van der Waals surface area contributed by atoms with Crippen molar-refractivity contribution in [2.24, 2.45) is 5.92 Å². The number of unbranched alkanes of at least 4 members (excludes halogenated alkanes) is 1. The molecule has 1 aliphatic rings. The van der Waals surface area contributed by atoms with Gasteiger partial charge >= 0.3 is 5.97 Å². The molecule has 3 rings (SSSR count). The predicted octanol–water partition coefficient (Wildman–Crippen LogP) is 4.49. The molecule has 0 amide bonds. The summed E-state index contributed by atoms with van der Waals surface area (Å²) in [6.45, 7) is 2.43. The molecule has 1 aliphatic carbocycles. The fourth-order valence-electron chi connectivity index (χ4n) is 3.71. The summed E-state index contributed by atoms with van der Waals surface area (Å²) in [5, 5.41) is 0. The molecule has 0 N–H and O–H groups in total. The van der Waals surface area contributed by atoms with Gasteiger partial charge in [-0.3, -0.25) is 9.59 Å². The van der Waals surface area contributed by atoms with E-state index in [0.717, 1.165) is 24.0 Å². The second-order valence-corrected chi connectivity index (χ2v) is 6.62. The molecule has 0 aromatic heterocycles. The van der Waals surface area contributed by atoms with Gasteiger partial charge in [-0.15, -0.1) is 0 Å². The van der Waals surface area contributed by atoms with E-state index in [4.69, 9.17) is 4.74 Å². The highest BCUT2D eigenvalue weighted by Crippen LogP contribution is 2.48. The van der Waals surface area contributed by atoms with Crippen LogP contribution in [0.2, 0.25) is 0 Å². The number of carbonyl (C=O) groups is 2. The zero-order valence-corrected chi connectivity index (χ0v) is 14.6. The van der Waals surface area contributed by atoms with Gasteiger partial charge in [0, 0.05) is 12.3 Å². The second kappa shape index (κ2) is 8.11. The number of hydrogen-bond donors (Lipinski definition) is 0. The highest BCUT2D eigenvalue weighted by molar-refractivity contribution is 6.02. The lowest BCUT2D eigenvalue weighted by Gasteiger charge is -2.24. The maximum absolute atomic E-state index is 12.7. The van der Waals surface area contributed by atoms with Crippen LogP contribution in [-0.2, 0) is 14.3 Å². The van der Waals surface area contributed by atoms with E-state index in [1.807, 2.05) is 67.6 Å². The number of ether oxygens (including phenoxy) is 1. The molecule has 1 fully saturated rings. The first-order valence-corrected chi connectivity index (χ1v) is 9.01. The van der Waals surface area contributed by atoms with Crippen molar-refractivity contribution in [3.8, 4) is 0 Å². The van der Waals surface area contributed by atoms with E-state index in [0.29, 0.717) is 13.0 Å². The summed E-state index contributed by atoms with van der Waals surface area (Å²) < 4.78 is 5.41. The van der Waals surface area contributed by atoms with Crippen LogP contribution < -0.4 is 0 Å². The van der Waals surface area contributed by atoms with Gasteiger partial charge in [0.05, 0.1) is 6.61 Å². The van der Waals surface area contributed by atoms with Crippen LogP contribution in [-0.4, -0.2) is 18.4 Å². The molecule has 2 aromatic carbocycles. The lowest BCUT2D eigenvalue weighted by Crippen LogP contribution is -2.27. The van der Waals surface area contributed by atoms with Crippen molar-refractivity contribution in [2.75, 3.05) is 6.61 Å². The van der Waals surface area contributed by atoms with Gasteiger partial charge in [0.2, 0.25) is 0 Å². The van der Waals surface area contributed by atoms with Gasteiger partial charge in [0.1, 0.15) is 11.7 Å². The predicted molar refractivity (Wildman–Crippen MR) is 97.3 cm³/mol. The summed E-state index contributed by atoms with van der Waals surface area (Å²) in [5.74, 6) is -1.23. The molecule has 0 radical (unpaired) electrons. The van der Waals surface area contributed by atoms with Crippen molar-refractivity contribution in [2.45, 2.75) is 38.0 Å². The maximum Gasteiger partial charge on any atom is 0.317 e. The fraction of sp³-hybridized carbons (Fsp3) is 0.364. The van der Waals surface area contributed by atoms with Crippen molar-refractivity contribution in [1.29, 1.82) is 0 Å². The van der Waals surface area contributed by atoms with Gasteiger partial charge < -0.3 is 4.74 Å². The van der Waals surface area contributed by atoms with Crippen LogP contribution in [0.15, 0.2) is 60.7 Å². The van der Waals surface area contributed by atoms with E-state index in [2.05, 4.69) is 0 Å². The van der Waals surface area contributed by atoms with Gasteiger partial charge in [0.15, 0.2) is 0 Å². The molecule has 1 saturated carbocycles. The Morgan fingerprint density at radius 3 is 2.20 bits per heavy atom. The lowest BCUT2D eigenvalue weighted by molar-refractivity contribution is -0.151. The summed E-state index contributed by atoms with van der Waals surface area (Å²) in [6, 6.07) is 19.9. The maximum atomic E-state index is 12.7. The molecule has 0 bridgehead atoms. The largest absolute Gasteiger partial charge is 0.465 e. The SMILES string of the molecule is CCCCOC(=O)[C@@H]1C(=O)C[C@@H](c2ccccc2)[C@H]1c1ccccc1. The van der Waals surface area contributed by atoms with Gasteiger partial charge in [-0.1, -0.05) is 74.0 Å². The third-order valence-corrected chi connectivity index (χ3v) is 4.97. The van der Waals surface area contributed by atoms with Gasteiger partial charge in [-0.25, -0.2) is 0 Å². The highest BCUT2D eigenvalue weighted by atomic mass is 16.5. The Kier molecular flexibility index (Phi) is 5.64. The highest BCUT2D eigenvalue weighted by Gasteiger charge is 2.48. The van der Waals surface area contributed by atoms with Crippen LogP contribution >= 0.6 is 0 Å². The first-order valence-electron chi connectivity index (χ1n) is 9.01. The lowest BCUT2D eigenvalue weighted by atomic mass is 9.80. The van der Waals surface area contributed by atoms with Crippen molar-refractivity contribution >= 4 is 11.8 Å². The Bertz CT molecular complexity index is 709. The molecule has 3 nitrogen and oxygen atoms in total. The summed E-state index contributed by atoms with van der Waals surface area (Å²) in [7, 11) is 0. The molecule has 25 heavy (non-hydrogen) atoms. The zero-order valence-electron chi connectivity index (χ0n) is 14.6.